The van der Waals surface area contributed by atoms with Gasteiger partial charge in [0.2, 0.25) is 5.88 Å². The van der Waals surface area contributed by atoms with Gasteiger partial charge in [0.15, 0.2) is 0 Å². The maximum Gasteiger partial charge on any atom is 0.238 e. The number of benzene rings is 1. The van der Waals surface area contributed by atoms with Crippen LogP contribution in [0.1, 0.15) is 5.69 Å². The zero-order valence-electron chi connectivity index (χ0n) is 9.35. The van der Waals surface area contributed by atoms with Gasteiger partial charge in [-0.25, -0.2) is 0 Å². The van der Waals surface area contributed by atoms with E-state index in [0.717, 1.165) is 5.69 Å². The first kappa shape index (κ1) is 11.8. The van der Waals surface area contributed by atoms with E-state index >= 15 is 0 Å². The molecule has 0 aliphatic carbocycles. The molecule has 0 aliphatic rings. The number of rotatable bonds is 4. The predicted octanol–water partition coefficient (Wildman–Crippen LogP) is 2.64. The lowest BCUT2D eigenvalue weighted by Crippen LogP contribution is -2.07. The van der Waals surface area contributed by atoms with Crippen molar-refractivity contribution < 1.29 is 4.74 Å². The molecule has 5 heteroatoms. The SMILES string of the molecule is CNCc1ccc(Oc2ccc(Cl)cc2)nn1. The molecular formula is C12H12ClN3O. The molecule has 0 fully saturated rings. The Kier molecular flexibility index (Phi) is 3.90. The Bertz CT molecular complexity index is 470. The van der Waals surface area contributed by atoms with Crippen molar-refractivity contribution in [1.82, 2.24) is 15.5 Å². The molecule has 0 aliphatic heterocycles. The molecule has 0 spiro atoms. The van der Waals surface area contributed by atoms with E-state index in [1.165, 1.54) is 0 Å². The fraction of sp³-hybridized carbons (Fsp3) is 0.167. The highest BCUT2D eigenvalue weighted by Crippen LogP contribution is 2.20. The van der Waals surface area contributed by atoms with E-state index in [1.807, 2.05) is 13.1 Å². The van der Waals surface area contributed by atoms with Gasteiger partial charge >= 0.3 is 0 Å². The number of halogens is 1. The minimum atomic E-state index is 0.465. The van der Waals surface area contributed by atoms with Crippen LogP contribution in [0.3, 0.4) is 0 Å². The van der Waals surface area contributed by atoms with E-state index in [4.69, 9.17) is 16.3 Å². The van der Waals surface area contributed by atoms with Crippen LogP contribution in [0.4, 0.5) is 0 Å². The zero-order valence-corrected chi connectivity index (χ0v) is 10.1. The van der Waals surface area contributed by atoms with Crippen LogP contribution >= 0.6 is 11.6 Å². The van der Waals surface area contributed by atoms with E-state index in [1.54, 1.807) is 30.3 Å². The number of aromatic nitrogens is 2. The molecule has 0 amide bonds. The van der Waals surface area contributed by atoms with Crippen molar-refractivity contribution in [3.63, 3.8) is 0 Å². The first-order valence-corrected chi connectivity index (χ1v) is 5.56. The quantitative estimate of drug-likeness (QED) is 0.905. The standard InChI is InChI=1S/C12H12ClN3O/c1-14-8-10-4-7-12(16-15-10)17-11-5-2-9(13)3-6-11/h2-7,14H,8H2,1H3. The molecule has 0 unspecified atom stereocenters. The first-order chi connectivity index (χ1) is 8.28. The van der Waals surface area contributed by atoms with Crippen LogP contribution in [0.5, 0.6) is 11.6 Å². The molecule has 0 saturated heterocycles. The van der Waals surface area contributed by atoms with Gasteiger partial charge in [0.05, 0.1) is 5.69 Å². The van der Waals surface area contributed by atoms with Crippen LogP contribution in [0.15, 0.2) is 36.4 Å². The third-order valence-electron chi connectivity index (χ3n) is 2.09. The Balaban J connectivity index is 2.05. The van der Waals surface area contributed by atoms with Crippen molar-refractivity contribution in [2.75, 3.05) is 7.05 Å². The van der Waals surface area contributed by atoms with E-state index < -0.39 is 0 Å². The summed E-state index contributed by atoms with van der Waals surface area (Å²) in [4.78, 5) is 0. The van der Waals surface area contributed by atoms with Crippen LogP contribution in [0, 0.1) is 0 Å². The summed E-state index contributed by atoms with van der Waals surface area (Å²) in [6.07, 6.45) is 0. The molecule has 1 heterocycles. The van der Waals surface area contributed by atoms with E-state index in [0.29, 0.717) is 23.2 Å². The summed E-state index contributed by atoms with van der Waals surface area (Å²) in [5.41, 5.74) is 0.871. The molecule has 2 rings (SSSR count). The molecule has 0 atom stereocenters. The van der Waals surface area contributed by atoms with Gasteiger partial charge in [-0.15, -0.1) is 5.10 Å². The normalized spacial score (nSPS) is 10.2. The molecule has 2 aromatic rings. The van der Waals surface area contributed by atoms with Crippen LogP contribution in [-0.4, -0.2) is 17.2 Å². The van der Waals surface area contributed by atoms with Crippen LogP contribution in [-0.2, 0) is 6.54 Å². The van der Waals surface area contributed by atoms with Gasteiger partial charge in [0, 0.05) is 17.6 Å². The lowest BCUT2D eigenvalue weighted by atomic mass is 10.3. The van der Waals surface area contributed by atoms with Crippen molar-refractivity contribution in [2.45, 2.75) is 6.54 Å². The number of nitrogens with zero attached hydrogens (tertiary/aromatic N) is 2. The van der Waals surface area contributed by atoms with Crippen molar-refractivity contribution in [3.8, 4) is 11.6 Å². The first-order valence-electron chi connectivity index (χ1n) is 5.18. The smallest absolute Gasteiger partial charge is 0.238 e. The van der Waals surface area contributed by atoms with Gasteiger partial charge in [-0.05, 0) is 37.4 Å². The second-order valence-electron chi connectivity index (χ2n) is 3.45. The monoisotopic (exact) mass is 249 g/mol. The average molecular weight is 250 g/mol. The molecular weight excluding hydrogens is 238 g/mol. The zero-order chi connectivity index (χ0) is 12.1. The maximum atomic E-state index is 5.78. The molecule has 0 saturated carbocycles. The average Bonchev–Trinajstić information content (AvgIpc) is 2.35. The van der Waals surface area contributed by atoms with Gasteiger partial charge in [-0.2, -0.15) is 5.10 Å². The van der Waals surface area contributed by atoms with Gasteiger partial charge in [-0.3, -0.25) is 0 Å². The Morgan fingerprint density at radius 2 is 1.88 bits per heavy atom. The van der Waals surface area contributed by atoms with Crippen LogP contribution in [0.25, 0.3) is 0 Å². The summed E-state index contributed by atoms with van der Waals surface area (Å²) in [7, 11) is 1.86. The molecule has 1 aromatic carbocycles. The fourth-order valence-electron chi connectivity index (χ4n) is 1.30. The Morgan fingerprint density at radius 3 is 2.47 bits per heavy atom. The number of ether oxygens (including phenoxy) is 1. The Morgan fingerprint density at radius 1 is 1.12 bits per heavy atom. The van der Waals surface area contributed by atoms with Crippen molar-refractivity contribution >= 4 is 11.6 Å². The molecule has 0 bridgehead atoms. The Labute approximate surface area is 105 Å². The van der Waals surface area contributed by atoms with Gasteiger partial charge in [0.1, 0.15) is 5.75 Å². The molecule has 4 nitrogen and oxygen atoms in total. The van der Waals surface area contributed by atoms with E-state index in [9.17, 15) is 0 Å². The third-order valence-corrected chi connectivity index (χ3v) is 2.34. The van der Waals surface area contributed by atoms with Gasteiger partial charge in [-0.1, -0.05) is 11.6 Å². The van der Waals surface area contributed by atoms with Crippen molar-refractivity contribution in [1.29, 1.82) is 0 Å². The highest BCUT2D eigenvalue weighted by molar-refractivity contribution is 6.30. The number of nitrogens with one attached hydrogen (secondary N) is 1. The molecule has 88 valence electrons. The summed E-state index contributed by atoms with van der Waals surface area (Å²) in [5, 5.41) is 11.7. The molecule has 1 N–H and O–H groups in total. The minimum Gasteiger partial charge on any atom is -0.438 e. The van der Waals surface area contributed by atoms with Crippen molar-refractivity contribution in [2.24, 2.45) is 0 Å². The lowest BCUT2D eigenvalue weighted by molar-refractivity contribution is 0.453. The largest absolute Gasteiger partial charge is 0.438 e. The topological polar surface area (TPSA) is 47.0 Å². The molecule has 0 radical (unpaired) electrons. The predicted molar refractivity (Wildman–Crippen MR) is 66.3 cm³/mol. The summed E-state index contributed by atoms with van der Waals surface area (Å²) in [6, 6.07) is 10.7. The second kappa shape index (κ2) is 5.61. The number of hydrogen-bond acceptors (Lipinski definition) is 4. The summed E-state index contributed by atoms with van der Waals surface area (Å²) < 4.78 is 5.51. The summed E-state index contributed by atoms with van der Waals surface area (Å²) in [5.74, 6) is 1.15. The van der Waals surface area contributed by atoms with Crippen LogP contribution in [0.2, 0.25) is 5.02 Å². The van der Waals surface area contributed by atoms with Gasteiger partial charge in [0.25, 0.3) is 0 Å². The summed E-state index contributed by atoms with van der Waals surface area (Å²) >= 11 is 5.78. The van der Waals surface area contributed by atoms with E-state index in [-0.39, 0.29) is 0 Å². The van der Waals surface area contributed by atoms with Gasteiger partial charge < -0.3 is 10.1 Å². The number of hydrogen-bond donors (Lipinski definition) is 1. The highest BCUT2D eigenvalue weighted by Gasteiger charge is 2.00. The second-order valence-corrected chi connectivity index (χ2v) is 3.89. The fourth-order valence-corrected chi connectivity index (χ4v) is 1.43. The lowest BCUT2D eigenvalue weighted by Gasteiger charge is -2.04. The minimum absolute atomic E-state index is 0.465. The van der Waals surface area contributed by atoms with Crippen LogP contribution < -0.4 is 10.1 Å². The van der Waals surface area contributed by atoms with E-state index in [2.05, 4.69) is 15.5 Å². The third kappa shape index (κ3) is 3.41. The van der Waals surface area contributed by atoms with Crippen molar-refractivity contribution in [3.05, 3.63) is 47.1 Å². The molecule has 1 aromatic heterocycles. The Hall–Kier alpha value is -1.65. The summed E-state index contributed by atoms with van der Waals surface area (Å²) in [6.45, 7) is 0.689. The molecule has 17 heavy (non-hydrogen) atoms. The highest BCUT2D eigenvalue weighted by atomic mass is 35.5. The maximum absolute atomic E-state index is 5.78.